The number of nitrogens with zero attached hydrogens (tertiary/aromatic N) is 1. The van der Waals surface area contributed by atoms with Crippen LogP contribution in [0.4, 0.5) is 17.1 Å². The van der Waals surface area contributed by atoms with Crippen molar-refractivity contribution >= 4 is 52.3 Å². The van der Waals surface area contributed by atoms with E-state index in [4.69, 9.17) is 11.6 Å². The minimum Gasteiger partial charge on any atom is -0.350 e. The van der Waals surface area contributed by atoms with Gasteiger partial charge in [-0.15, -0.1) is 0 Å². The van der Waals surface area contributed by atoms with Gasteiger partial charge in [-0.3, -0.25) is 14.4 Å². The van der Waals surface area contributed by atoms with Crippen molar-refractivity contribution in [2.75, 3.05) is 15.5 Å². The summed E-state index contributed by atoms with van der Waals surface area (Å²) in [4.78, 5) is 45.2. The van der Waals surface area contributed by atoms with Gasteiger partial charge in [0.2, 0.25) is 11.8 Å². The van der Waals surface area contributed by atoms with Crippen LogP contribution in [-0.2, 0) is 15.0 Å². The Morgan fingerprint density at radius 2 is 1.55 bits per heavy atom. The number of ketones is 1. The number of nitrogens with one attached hydrogen (secondary N) is 2. The van der Waals surface area contributed by atoms with Gasteiger partial charge in [0.05, 0.1) is 12.0 Å². The second-order valence-corrected chi connectivity index (χ2v) is 10.7. The van der Waals surface area contributed by atoms with E-state index in [1.807, 2.05) is 83.8 Å². The van der Waals surface area contributed by atoms with E-state index >= 15 is 0 Å². The van der Waals surface area contributed by atoms with Crippen LogP contribution < -0.4 is 15.5 Å². The summed E-state index contributed by atoms with van der Waals surface area (Å²) in [5, 5.41) is 6.56. The molecule has 2 N–H and O–H groups in total. The lowest BCUT2D eigenvalue weighted by Crippen LogP contribution is -2.51. The molecule has 4 atom stereocenters. The molecule has 196 valence electrons. The lowest BCUT2D eigenvalue weighted by atomic mass is 9.64. The van der Waals surface area contributed by atoms with Crippen molar-refractivity contribution in [1.82, 2.24) is 0 Å². The van der Waals surface area contributed by atoms with Crippen LogP contribution in [0.2, 0.25) is 5.02 Å². The summed E-state index contributed by atoms with van der Waals surface area (Å²) in [5.74, 6) is -1.99. The molecule has 7 heteroatoms. The third-order valence-electron chi connectivity index (χ3n) is 8.26. The van der Waals surface area contributed by atoms with E-state index in [-0.39, 0.29) is 17.6 Å². The van der Waals surface area contributed by atoms with Crippen LogP contribution >= 0.6 is 11.6 Å². The molecule has 1 fully saturated rings. The van der Waals surface area contributed by atoms with Gasteiger partial charge >= 0.3 is 0 Å². The number of carbonyl (C=O) groups is 3. The van der Waals surface area contributed by atoms with Crippen LogP contribution in [0.15, 0.2) is 109 Å². The predicted octanol–water partition coefficient (Wildman–Crippen LogP) is 5.95. The predicted molar refractivity (Wildman–Crippen MR) is 157 cm³/mol. The fourth-order valence-corrected chi connectivity index (χ4v) is 6.78. The Balaban J connectivity index is 1.49. The van der Waals surface area contributed by atoms with Crippen molar-refractivity contribution in [2.24, 2.45) is 5.92 Å². The molecule has 0 aliphatic carbocycles. The Bertz CT molecular complexity index is 1700. The maximum atomic E-state index is 14.6. The quantitative estimate of drug-likeness (QED) is 0.311. The highest BCUT2D eigenvalue weighted by Gasteiger charge is 2.70. The Labute approximate surface area is 236 Å². The molecule has 6 nitrogen and oxygen atoms in total. The number of para-hydroxylation sites is 3. The number of amides is 2. The number of anilines is 3. The average Bonchev–Trinajstić information content (AvgIpc) is 3.46. The minimum absolute atomic E-state index is 0.294. The topological polar surface area (TPSA) is 78.5 Å². The van der Waals surface area contributed by atoms with Gasteiger partial charge in [-0.25, -0.2) is 0 Å². The van der Waals surface area contributed by atoms with Gasteiger partial charge < -0.3 is 15.5 Å². The first-order valence-corrected chi connectivity index (χ1v) is 13.5. The SMILES string of the molecule is O=C(c1ccc(Cl)cc1)[C@@H]1[C@H](C(=O)Nc2ccccc2)N2c3ccccc3C=CC2[C@@]12C(=O)Nc1ccccc12. The zero-order chi connectivity index (χ0) is 27.4. The van der Waals surface area contributed by atoms with Crippen LogP contribution in [0.3, 0.4) is 0 Å². The summed E-state index contributed by atoms with van der Waals surface area (Å²) < 4.78 is 0. The lowest BCUT2D eigenvalue weighted by Gasteiger charge is -2.37. The molecular weight excluding hydrogens is 522 g/mol. The van der Waals surface area contributed by atoms with Gasteiger partial charge in [0.25, 0.3) is 0 Å². The molecule has 1 spiro atoms. The third-order valence-corrected chi connectivity index (χ3v) is 8.52. The molecule has 7 rings (SSSR count). The number of hydrogen-bond acceptors (Lipinski definition) is 4. The summed E-state index contributed by atoms with van der Waals surface area (Å²) in [7, 11) is 0. The highest BCUT2D eigenvalue weighted by Crippen LogP contribution is 2.57. The molecule has 4 aromatic carbocycles. The van der Waals surface area contributed by atoms with Crippen molar-refractivity contribution in [1.29, 1.82) is 0 Å². The Morgan fingerprint density at radius 1 is 0.850 bits per heavy atom. The molecule has 0 radical (unpaired) electrons. The summed E-state index contributed by atoms with van der Waals surface area (Å²) in [6.45, 7) is 0. The monoisotopic (exact) mass is 545 g/mol. The Morgan fingerprint density at radius 3 is 2.35 bits per heavy atom. The first kappa shape index (κ1) is 24.4. The Kier molecular flexibility index (Phi) is 5.61. The van der Waals surface area contributed by atoms with Crippen molar-refractivity contribution in [2.45, 2.75) is 17.5 Å². The van der Waals surface area contributed by atoms with Crippen molar-refractivity contribution < 1.29 is 14.4 Å². The molecule has 1 unspecified atom stereocenters. The molecule has 40 heavy (non-hydrogen) atoms. The molecular formula is C33H24ClN3O3. The van der Waals surface area contributed by atoms with Crippen molar-refractivity contribution in [3.05, 3.63) is 131 Å². The van der Waals surface area contributed by atoms with Gasteiger partial charge in [-0.2, -0.15) is 0 Å². The van der Waals surface area contributed by atoms with Crippen molar-refractivity contribution in [3.63, 3.8) is 0 Å². The maximum absolute atomic E-state index is 14.6. The van der Waals surface area contributed by atoms with Crippen LogP contribution in [0, 0.1) is 5.92 Å². The second kappa shape index (κ2) is 9.21. The number of Topliss-reactive ketones (excluding diaryl/α,β-unsaturated/α-hetero) is 1. The minimum atomic E-state index is -1.35. The number of rotatable bonds is 4. The highest BCUT2D eigenvalue weighted by molar-refractivity contribution is 6.30. The lowest BCUT2D eigenvalue weighted by molar-refractivity contribution is -0.122. The van der Waals surface area contributed by atoms with E-state index in [2.05, 4.69) is 10.6 Å². The van der Waals surface area contributed by atoms with Crippen LogP contribution in [-0.4, -0.2) is 29.7 Å². The second-order valence-electron chi connectivity index (χ2n) is 10.3. The van der Waals surface area contributed by atoms with E-state index < -0.39 is 23.4 Å². The first-order chi connectivity index (χ1) is 19.5. The molecule has 0 aromatic heterocycles. The molecule has 3 aliphatic rings. The van der Waals surface area contributed by atoms with Crippen LogP contribution in [0.5, 0.6) is 0 Å². The fourth-order valence-electron chi connectivity index (χ4n) is 6.65. The molecule has 4 aromatic rings. The molecule has 0 saturated carbocycles. The van der Waals surface area contributed by atoms with E-state index in [1.165, 1.54) is 0 Å². The van der Waals surface area contributed by atoms with Gasteiger partial charge in [0, 0.05) is 27.6 Å². The molecule has 2 amide bonds. The van der Waals surface area contributed by atoms with Gasteiger partial charge in [0.1, 0.15) is 11.5 Å². The number of benzene rings is 4. The number of fused-ring (bicyclic) bond motifs is 6. The number of halogens is 1. The normalized spacial score (nSPS) is 23.8. The molecule has 3 aliphatic heterocycles. The Hall–Kier alpha value is -4.68. The summed E-state index contributed by atoms with van der Waals surface area (Å²) >= 11 is 6.15. The van der Waals surface area contributed by atoms with E-state index in [0.29, 0.717) is 27.5 Å². The molecule has 1 saturated heterocycles. The van der Waals surface area contributed by atoms with E-state index in [1.54, 1.807) is 36.4 Å². The van der Waals surface area contributed by atoms with E-state index in [0.717, 1.165) is 11.3 Å². The summed E-state index contributed by atoms with van der Waals surface area (Å²) in [6, 6.07) is 29.4. The smallest absolute Gasteiger partial charge is 0.247 e. The van der Waals surface area contributed by atoms with Gasteiger partial charge in [0.15, 0.2) is 5.78 Å². The van der Waals surface area contributed by atoms with Crippen LogP contribution in [0.25, 0.3) is 6.08 Å². The summed E-state index contributed by atoms with van der Waals surface area (Å²) in [6.07, 6.45) is 3.94. The zero-order valence-electron chi connectivity index (χ0n) is 21.3. The maximum Gasteiger partial charge on any atom is 0.247 e. The standard InChI is InChI=1S/C33H24ClN3O3/c34-22-17-14-21(15-18-22)30(38)28-29(31(39)35-23-9-2-1-3-10-23)37-26-13-7-4-8-20(26)16-19-27(37)33(28)24-11-5-6-12-25(24)36-32(33)40/h1-19,27-29H,(H,35,39)(H,36,40)/t27?,28-,29+,33+/m0/s1. The summed E-state index contributed by atoms with van der Waals surface area (Å²) in [5.41, 5.74) is 2.72. The molecule has 3 heterocycles. The highest BCUT2D eigenvalue weighted by atomic mass is 35.5. The number of carbonyl (C=O) groups excluding carboxylic acids is 3. The fraction of sp³-hybridized carbons (Fsp3) is 0.121. The van der Waals surface area contributed by atoms with Gasteiger partial charge in [-0.05, 0) is 59.7 Å². The third kappa shape index (κ3) is 3.46. The van der Waals surface area contributed by atoms with Crippen molar-refractivity contribution in [3.8, 4) is 0 Å². The first-order valence-electron chi connectivity index (χ1n) is 13.1. The largest absolute Gasteiger partial charge is 0.350 e. The van der Waals surface area contributed by atoms with Crippen LogP contribution in [0.1, 0.15) is 21.5 Å². The number of hydrogen-bond donors (Lipinski definition) is 2. The van der Waals surface area contributed by atoms with E-state index in [9.17, 15) is 14.4 Å². The average molecular weight is 546 g/mol. The molecule has 0 bridgehead atoms. The van der Waals surface area contributed by atoms with Gasteiger partial charge in [-0.1, -0.05) is 78.4 Å². The zero-order valence-corrected chi connectivity index (χ0v) is 22.0.